The fourth-order valence-corrected chi connectivity index (χ4v) is 2.56. The van der Waals surface area contributed by atoms with Crippen LogP contribution in [0.25, 0.3) is 0 Å². The fraction of sp³-hybridized carbons (Fsp3) is 0.125. The van der Waals surface area contributed by atoms with E-state index in [9.17, 15) is 30.3 Å². The highest BCUT2D eigenvalue weighted by Crippen LogP contribution is 2.29. The highest BCUT2D eigenvalue weighted by atomic mass is 16.7. The lowest BCUT2D eigenvalue weighted by molar-refractivity contribution is -0.402. The van der Waals surface area contributed by atoms with Crippen molar-refractivity contribution in [3.8, 4) is 0 Å². The van der Waals surface area contributed by atoms with E-state index in [2.05, 4.69) is 6.07 Å². The lowest BCUT2D eigenvalue weighted by Gasteiger charge is -2.07. The maximum atomic E-state index is 11.4. The van der Waals surface area contributed by atoms with E-state index in [4.69, 9.17) is 8.83 Å². The highest BCUT2D eigenvalue weighted by molar-refractivity contribution is 5.48. The van der Waals surface area contributed by atoms with E-state index in [-0.39, 0.29) is 35.6 Å². The van der Waals surface area contributed by atoms with Crippen LogP contribution in [0, 0.1) is 36.4 Å². The van der Waals surface area contributed by atoms with Gasteiger partial charge in [0, 0.05) is 24.5 Å². The molecule has 0 aliphatic carbocycles. The van der Waals surface area contributed by atoms with Crippen LogP contribution in [0.5, 0.6) is 0 Å². The van der Waals surface area contributed by atoms with Crippen molar-refractivity contribution in [1.82, 2.24) is 0 Å². The van der Waals surface area contributed by atoms with Crippen LogP contribution in [0.1, 0.15) is 22.6 Å². The first-order valence-corrected chi connectivity index (χ1v) is 7.48. The Hall–Kier alpha value is -4.02. The van der Waals surface area contributed by atoms with E-state index in [1.165, 1.54) is 30.3 Å². The molecule has 27 heavy (non-hydrogen) atoms. The van der Waals surface area contributed by atoms with Crippen LogP contribution < -0.4 is 0 Å². The van der Waals surface area contributed by atoms with Gasteiger partial charge in [0.05, 0.1) is 17.1 Å². The number of nitro benzene ring substituents is 1. The minimum Gasteiger partial charge on any atom is -0.405 e. The fourth-order valence-electron chi connectivity index (χ4n) is 2.56. The van der Waals surface area contributed by atoms with Gasteiger partial charge in [-0.15, -0.1) is 0 Å². The summed E-state index contributed by atoms with van der Waals surface area (Å²) in [5.41, 5.74) is 0.377. The smallest absolute Gasteiger partial charge is 0.405 e. The zero-order chi connectivity index (χ0) is 19.6. The van der Waals surface area contributed by atoms with Gasteiger partial charge in [-0.2, -0.15) is 0 Å². The molecule has 0 bridgehead atoms. The second-order valence-corrected chi connectivity index (χ2v) is 5.42. The summed E-state index contributed by atoms with van der Waals surface area (Å²) in [6.45, 7) is 0. The highest BCUT2D eigenvalue weighted by Gasteiger charge is 2.22. The number of rotatable bonds is 7. The van der Waals surface area contributed by atoms with Gasteiger partial charge in [0.15, 0.2) is 0 Å². The largest absolute Gasteiger partial charge is 0.433 e. The molecule has 0 N–H and O–H groups in total. The second kappa shape index (κ2) is 7.07. The van der Waals surface area contributed by atoms with Crippen LogP contribution in [-0.4, -0.2) is 14.8 Å². The van der Waals surface area contributed by atoms with E-state index < -0.39 is 26.5 Å². The van der Waals surface area contributed by atoms with Gasteiger partial charge >= 0.3 is 11.8 Å². The summed E-state index contributed by atoms with van der Waals surface area (Å²) in [5.74, 6) is -0.532. The molecule has 0 amide bonds. The summed E-state index contributed by atoms with van der Waals surface area (Å²) in [6.07, 6.45) is -0.0622. The SMILES string of the molecule is O=[N+]([O-])c1ccc(Cc2[c]ccc([N+](=O)[O-])c2Cc2ccc([N+](=O)[O-])o2)o1. The number of nitrogens with zero attached hydrogens (tertiary/aromatic N) is 3. The van der Waals surface area contributed by atoms with Gasteiger partial charge in [-0.05, 0) is 29.8 Å². The zero-order valence-electron chi connectivity index (χ0n) is 13.5. The molecule has 0 fully saturated rings. The summed E-state index contributed by atoms with van der Waals surface area (Å²) in [5, 5.41) is 32.8. The predicted molar refractivity (Wildman–Crippen MR) is 88.3 cm³/mol. The topological polar surface area (TPSA) is 156 Å². The van der Waals surface area contributed by atoms with E-state index in [1.807, 2.05) is 0 Å². The standard InChI is InChI=1S/C16H10N3O8/c20-17(21)14-3-1-2-10(8-11-4-6-15(26-11)18(22)23)13(14)9-12-5-7-16(27-12)19(24)25/h1,3-7H,8-9H2. The Labute approximate surface area is 150 Å². The molecule has 0 spiro atoms. The molecule has 0 saturated heterocycles. The normalized spacial score (nSPS) is 10.7. The van der Waals surface area contributed by atoms with Gasteiger partial charge in [-0.25, -0.2) is 0 Å². The van der Waals surface area contributed by atoms with Crippen LogP contribution in [0.2, 0.25) is 0 Å². The van der Waals surface area contributed by atoms with E-state index >= 15 is 0 Å². The first kappa shape index (κ1) is 17.8. The molecular weight excluding hydrogens is 362 g/mol. The van der Waals surface area contributed by atoms with Gasteiger partial charge in [0.1, 0.15) is 21.4 Å². The lowest BCUT2D eigenvalue weighted by Crippen LogP contribution is -2.02. The maximum Gasteiger partial charge on any atom is 0.433 e. The first-order chi connectivity index (χ1) is 12.8. The Morgan fingerprint density at radius 3 is 1.81 bits per heavy atom. The number of furan rings is 2. The first-order valence-electron chi connectivity index (χ1n) is 7.48. The van der Waals surface area contributed by atoms with Crippen LogP contribution in [-0.2, 0) is 12.8 Å². The lowest BCUT2D eigenvalue weighted by atomic mass is 9.98. The van der Waals surface area contributed by atoms with Gasteiger partial charge in [0.2, 0.25) is 0 Å². The molecule has 0 atom stereocenters. The van der Waals surface area contributed by atoms with Crippen LogP contribution in [0.4, 0.5) is 17.5 Å². The van der Waals surface area contributed by atoms with Crippen molar-refractivity contribution in [3.63, 3.8) is 0 Å². The average Bonchev–Trinajstić information content (AvgIpc) is 3.25. The summed E-state index contributed by atoms with van der Waals surface area (Å²) >= 11 is 0. The summed E-state index contributed by atoms with van der Waals surface area (Å²) in [6, 6.07) is 10.6. The molecule has 0 aliphatic rings. The zero-order valence-corrected chi connectivity index (χ0v) is 13.5. The molecule has 11 nitrogen and oxygen atoms in total. The predicted octanol–water partition coefficient (Wildman–Crippen LogP) is 3.58. The number of hydrogen-bond donors (Lipinski definition) is 0. The molecule has 11 heteroatoms. The molecular formula is C16H10N3O8. The third kappa shape index (κ3) is 3.81. The van der Waals surface area contributed by atoms with E-state index in [1.54, 1.807) is 0 Å². The Morgan fingerprint density at radius 2 is 1.33 bits per heavy atom. The van der Waals surface area contributed by atoms with Crippen molar-refractivity contribution in [2.24, 2.45) is 0 Å². The molecule has 0 saturated carbocycles. The quantitative estimate of drug-likeness (QED) is 0.450. The van der Waals surface area contributed by atoms with Crippen molar-refractivity contribution in [3.05, 3.63) is 95.5 Å². The molecule has 137 valence electrons. The molecule has 2 heterocycles. The number of hydrogen-bond acceptors (Lipinski definition) is 8. The Kier molecular flexibility index (Phi) is 4.66. The van der Waals surface area contributed by atoms with Crippen LogP contribution in [0.3, 0.4) is 0 Å². The molecule has 0 aliphatic heterocycles. The summed E-state index contributed by atoms with van der Waals surface area (Å²) in [4.78, 5) is 30.8. The molecule has 1 aromatic carbocycles. The second-order valence-electron chi connectivity index (χ2n) is 5.42. The Bertz CT molecular complexity index is 1040. The summed E-state index contributed by atoms with van der Waals surface area (Å²) in [7, 11) is 0. The number of benzene rings is 1. The summed E-state index contributed by atoms with van der Waals surface area (Å²) < 4.78 is 10.2. The Balaban J connectivity index is 1.97. The minimum absolute atomic E-state index is 0.0215. The third-order valence-corrected chi connectivity index (χ3v) is 3.73. The minimum atomic E-state index is -0.710. The van der Waals surface area contributed by atoms with Crippen molar-refractivity contribution in [2.75, 3.05) is 0 Å². The number of nitro groups is 3. The molecule has 3 aromatic rings. The average molecular weight is 372 g/mol. The van der Waals surface area contributed by atoms with E-state index in [0.29, 0.717) is 5.56 Å². The Morgan fingerprint density at radius 1 is 0.778 bits per heavy atom. The van der Waals surface area contributed by atoms with Gasteiger partial charge in [-0.1, -0.05) is 0 Å². The molecule has 2 aromatic heterocycles. The van der Waals surface area contributed by atoms with Gasteiger partial charge in [0.25, 0.3) is 5.69 Å². The monoisotopic (exact) mass is 372 g/mol. The molecule has 3 rings (SSSR count). The molecule has 1 radical (unpaired) electrons. The maximum absolute atomic E-state index is 11.4. The van der Waals surface area contributed by atoms with Crippen molar-refractivity contribution in [2.45, 2.75) is 12.8 Å². The third-order valence-electron chi connectivity index (χ3n) is 3.73. The van der Waals surface area contributed by atoms with E-state index in [0.717, 1.165) is 6.07 Å². The van der Waals surface area contributed by atoms with Gasteiger partial charge < -0.3 is 8.83 Å². The molecule has 0 unspecified atom stereocenters. The van der Waals surface area contributed by atoms with Crippen LogP contribution >= 0.6 is 0 Å². The van der Waals surface area contributed by atoms with Crippen molar-refractivity contribution in [1.29, 1.82) is 0 Å². The van der Waals surface area contributed by atoms with Gasteiger partial charge in [-0.3, -0.25) is 30.3 Å². The van der Waals surface area contributed by atoms with Crippen LogP contribution in [0.15, 0.2) is 45.2 Å². The van der Waals surface area contributed by atoms with Crippen molar-refractivity contribution < 1.29 is 23.6 Å². The van der Waals surface area contributed by atoms with Crippen molar-refractivity contribution >= 4 is 17.5 Å².